The van der Waals surface area contributed by atoms with Crippen LogP contribution in [-0.2, 0) is 0 Å². The van der Waals surface area contributed by atoms with Gasteiger partial charge in [-0.1, -0.05) is 206 Å². The second kappa shape index (κ2) is 22.4. The van der Waals surface area contributed by atoms with E-state index in [1.54, 1.807) is 0 Å². The summed E-state index contributed by atoms with van der Waals surface area (Å²) in [5.41, 5.74) is 25.1. The number of furan rings is 3. The van der Waals surface area contributed by atoms with Gasteiger partial charge in [0.05, 0.1) is 22.1 Å². The first-order valence-electron chi connectivity index (χ1n) is 34.1. The minimum absolute atomic E-state index is 0.501. The van der Waals surface area contributed by atoms with Crippen LogP contribution in [0.4, 0.5) is 0 Å². The summed E-state index contributed by atoms with van der Waals surface area (Å²) in [6.45, 7) is 0. The lowest BCUT2D eigenvalue weighted by atomic mass is 9.93. The first-order valence-corrected chi connectivity index (χ1v) is 34.1. The topological polar surface area (TPSA) is 88.0 Å². The van der Waals surface area contributed by atoms with Crippen LogP contribution in [0.3, 0.4) is 0 Å². The number of hydrogen-bond acceptors (Lipinski definition) is 6. The van der Waals surface area contributed by atoms with Gasteiger partial charge < -0.3 is 22.4 Å². The zero-order valence-corrected chi connectivity index (χ0v) is 54.2. The Morgan fingerprint density at radius 1 is 0.188 bits per heavy atom. The van der Waals surface area contributed by atoms with Crippen molar-refractivity contribution in [3.8, 4) is 101 Å². The third-order valence-corrected chi connectivity index (χ3v) is 20.4. The molecule has 8 heteroatoms. The van der Waals surface area contributed by atoms with Gasteiger partial charge in [-0.3, -0.25) is 0 Å². The van der Waals surface area contributed by atoms with Crippen molar-refractivity contribution >= 4 is 109 Å². The van der Waals surface area contributed by atoms with Crippen molar-refractivity contribution in [2.24, 2.45) is 0 Å². The van der Waals surface area contributed by atoms with E-state index >= 15 is 0 Å². The minimum atomic E-state index is 0.501. The van der Waals surface area contributed by atoms with Gasteiger partial charge in [0.2, 0.25) is 0 Å². The van der Waals surface area contributed by atoms with Gasteiger partial charge in [0.1, 0.15) is 33.5 Å². The number of para-hydroxylation sites is 4. The Bertz CT molecular complexity index is 6900. The highest BCUT2D eigenvalue weighted by Crippen LogP contribution is 2.46. The molecule has 470 valence electrons. The smallest absolute Gasteiger partial charge is 0.164 e. The van der Waals surface area contributed by atoms with Crippen molar-refractivity contribution in [3.63, 3.8) is 0 Å². The molecule has 15 aromatic carbocycles. The van der Waals surface area contributed by atoms with Crippen molar-refractivity contribution < 1.29 is 13.3 Å². The third-order valence-electron chi connectivity index (χ3n) is 20.4. The van der Waals surface area contributed by atoms with Gasteiger partial charge in [-0.05, 0) is 183 Å². The molecule has 21 rings (SSSR count). The molecule has 0 radical (unpaired) electrons. The van der Waals surface area contributed by atoms with Crippen LogP contribution in [0, 0.1) is 0 Å². The molecule has 0 aliphatic rings. The molecule has 0 saturated heterocycles. The Hall–Kier alpha value is -13.7. The molecule has 21 aromatic rings. The standard InChI is InChI=1S/C93H55N5O3/c1-4-20-56(21-5-1)63-48-64(57-22-6-2-7-23-57)50-65(49-63)58-24-16-27-67(51-58)98-79-35-14-11-29-69(79)75-53-60(41-45-81(75)98)62-43-47-84-77(55-62)90-73(33-19-39-87(90)101-84)93-95-91(71-31-17-37-85-88(71)70-30-12-15-36-82(70)99-85)94-92(96-93)72-32-18-38-86-89(72)76-54-61(42-46-83(76)100-86)59-40-44-80-74(52-59)68-28-10-13-34-78(68)97(80)66-25-8-3-9-26-66/h1-55H. The van der Waals surface area contributed by atoms with E-state index < -0.39 is 0 Å². The van der Waals surface area contributed by atoms with Gasteiger partial charge in [0.25, 0.3) is 0 Å². The third kappa shape index (κ3) is 9.12. The number of benzene rings is 15. The lowest BCUT2D eigenvalue weighted by molar-refractivity contribution is 0.668. The van der Waals surface area contributed by atoms with Crippen LogP contribution in [-0.4, -0.2) is 24.1 Å². The Morgan fingerprint density at radius 2 is 0.515 bits per heavy atom. The van der Waals surface area contributed by atoms with Crippen molar-refractivity contribution in [2.45, 2.75) is 0 Å². The number of rotatable bonds is 10. The summed E-state index contributed by atoms with van der Waals surface area (Å²) in [5, 5.41) is 10.3. The largest absolute Gasteiger partial charge is 0.456 e. The zero-order valence-electron chi connectivity index (χ0n) is 54.2. The van der Waals surface area contributed by atoms with Crippen molar-refractivity contribution in [3.05, 3.63) is 334 Å². The normalized spacial score (nSPS) is 12.0. The highest BCUT2D eigenvalue weighted by Gasteiger charge is 2.25. The summed E-state index contributed by atoms with van der Waals surface area (Å²) in [4.78, 5) is 16.6. The second-order valence-corrected chi connectivity index (χ2v) is 26.2. The summed E-state index contributed by atoms with van der Waals surface area (Å²) in [6.07, 6.45) is 0. The highest BCUT2D eigenvalue weighted by molar-refractivity contribution is 6.17. The van der Waals surface area contributed by atoms with Crippen molar-refractivity contribution in [1.29, 1.82) is 0 Å². The molecule has 0 atom stereocenters. The predicted octanol–water partition coefficient (Wildman–Crippen LogP) is 25.1. The van der Waals surface area contributed by atoms with Crippen LogP contribution in [0.25, 0.3) is 211 Å². The van der Waals surface area contributed by atoms with Crippen LogP contribution < -0.4 is 0 Å². The van der Waals surface area contributed by atoms with Gasteiger partial charge >= 0.3 is 0 Å². The molecule has 0 saturated carbocycles. The molecule has 6 aromatic heterocycles. The Kier molecular flexibility index (Phi) is 12.5. The maximum atomic E-state index is 6.82. The Morgan fingerprint density at radius 3 is 1.01 bits per heavy atom. The fourth-order valence-corrected chi connectivity index (χ4v) is 15.7. The average molecular weight is 1290 g/mol. The van der Waals surface area contributed by atoms with E-state index in [4.69, 9.17) is 28.2 Å². The van der Waals surface area contributed by atoms with Gasteiger partial charge in [-0.25, -0.2) is 15.0 Å². The molecule has 6 heterocycles. The number of nitrogens with zero attached hydrogens (tertiary/aromatic N) is 5. The maximum absolute atomic E-state index is 6.82. The quantitative estimate of drug-likeness (QED) is 0.136. The van der Waals surface area contributed by atoms with Crippen LogP contribution in [0.1, 0.15) is 0 Å². The number of hydrogen-bond donors (Lipinski definition) is 0. The van der Waals surface area contributed by atoms with E-state index in [1.807, 2.05) is 54.6 Å². The molecule has 0 aliphatic carbocycles. The van der Waals surface area contributed by atoms with E-state index in [9.17, 15) is 0 Å². The monoisotopic (exact) mass is 1290 g/mol. The molecule has 0 unspecified atom stereocenters. The maximum Gasteiger partial charge on any atom is 0.164 e. The van der Waals surface area contributed by atoms with Crippen LogP contribution in [0.15, 0.2) is 347 Å². The van der Waals surface area contributed by atoms with E-state index in [-0.39, 0.29) is 0 Å². The Balaban J connectivity index is 0.705. The molecule has 0 N–H and O–H groups in total. The summed E-state index contributed by atoms with van der Waals surface area (Å²) in [7, 11) is 0. The van der Waals surface area contributed by atoms with Gasteiger partial charge in [-0.2, -0.15) is 0 Å². The second-order valence-electron chi connectivity index (χ2n) is 26.2. The van der Waals surface area contributed by atoms with Gasteiger partial charge in [-0.15, -0.1) is 0 Å². The molecular formula is C93H55N5O3. The molecule has 0 fully saturated rings. The fraction of sp³-hybridized carbons (Fsp3) is 0. The molecule has 0 aliphatic heterocycles. The molecular weight excluding hydrogens is 1240 g/mol. The zero-order chi connectivity index (χ0) is 66.2. The molecule has 8 nitrogen and oxygen atoms in total. The van der Waals surface area contributed by atoms with Crippen LogP contribution in [0.5, 0.6) is 0 Å². The molecule has 0 amide bonds. The first-order chi connectivity index (χ1) is 50.0. The lowest BCUT2D eigenvalue weighted by Gasteiger charge is -2.14. The minimum Gasteiger partial charge on any atom is -0.456 e. The summed E-state index contributed by atoms with van der Waals surface area (Å²) in [5.74, 6) is 1.51. The number of fused-ring (bicyclic) bond motifs is 15. The number of aromatic nitrogens is 5. The summed E-state index contributed by atoms with van der Waals surface area (Å²) < 4.78 is 24.9. The van der Waals surface area contributed by atoms with E-state index in [0.717, 1.165) is 155 Å². The highest BCUT2D eigenvalue weighted by atomic mass is 16.3. The van der Waals surface area contributed by atoms with Crippen molar-refractivity contribution in [1.82, 2.24) is 24.1 Å². The first kappa shape index (κ1) is 56.5. The average Bonchev–Trinajstić information content (AvgIpc) is 1.65. The Labute approximate surface area is 578 Å². The van der Waals surface area contributed by atoms with Gasteiger partial charge in [0.15, 0.2) is 17.5 Å². The van der Waals surface area contributed by atoms with Crippen molar-refractivity contribution in [2.75, 3.05) is 0 Å². The lowest BCUT2D eigenvalue weighted by Crippen LogP contribution is -2.01. The summed E-state index contributed by atoms with van der Waals surface area (Å²) >= 11 is 0. The molecule has 0 spiro atoms. The fourth-order valence-electron chi connectivity index (χ4n) is 15.7. The van der Waals surface area contributed by atoms with Crippen LogP contribution in [0.2, 0.25) is 0 Å². The molecule has 0 bridgehead atoms. The van der Waals surface area contributed by atoms with E-state index in [2.05, 4.69) is 288 Å². The molecule has 101 heavy (non-hydrogen) atoms. The van der Waals surface area contributed by atoms with E-state index in [1.165, 1.54) is 38.4 Å². The summed E-state index contributed by atoms with van der Waals surface area (Å²) in [6, 6.07) is 118. The van der Waals surface area contributed by atoms with Gasteiger partial charge in [0, 0.05) is 81.9 Å². The predicted molar refractivity (Wildman–Crippen MR) is 414 cm³/mol. The van der Waals surface area contributed by atoms with E-state index in [0.29, 0.717) is 17.5 Å². The van der Waals surface area contributed by atoms with Crippen LogP contribution >= 0.6 is 0 Å². The SMILES string of the molecule is c1ccc(-c2cc(-c3ccccc3)cc(-c3cccc(-n4c5ccccc5c5cc(-c6ccc7oc8cccc(-c9nc(-c%10cccc%11oc%12ccccc%12c%10%11)nc(-c%10cccc%11oc%12ccc(-c%13ccc%14c(c%13)c%13ccccc%13n%14-c%13ccccc%13)cc%12c%10%11)n9)c8c7c6)ccc54)c3)c2)cc1.